The zero-order valence-corrected chi connectivity index (χ0v) is 21.3. The van der Waals surface area contributed by atoms with E-state index in [4.69, 9.17) is 9.97 Å². The van der Waals surface area contributed by atoms with Gasteiger partial charge in [-0.2, -0.15) is 0 Å². The second kappa shape index (κ2) is 7.31. The van der Waals surface area contributed by atoms with E-state index in [1.54, 1.807) is 11.3 Å². The molecule has 2 aliphatic rings. The van der Waals surface area contributed by atoms with Crippen LogP contribution in [0.1, 0.15) is 11.5 Å². The lowest BCUT2D eigenvalue weighted by atomic mass is 9.87. The number of thiophene rings is 1. The van der Waals surface area contributed by atoms with Gasteiger partial charge in [-0.3, -0.25) is 4.57 Å². The summed E-state index contributed by atoms with van der Waals surface area (Å²) >= 11 is 3.74. The molecule has 0 bridgehead atoms. The van der Waals surface area contributed by atoms with Crippen molar-refractivity contribution in [1.29, 1.82) is 0 Å². The smallest absolute Gasteiger partial charge is 0.236 e. The van der Waals surface area contributed by atoms with E-state index in [0.717, 1.165) is 21.7 Å². The first-order chi connectivity index (χ1) is 18.4. The molecule has 0 saturated heterocycles. The number of hydrogen-bond acceptors (Lipinski definition) is 4. The van der Waals surface area contributed by atoms with Crippen molar-refractivity contribution < 1.29 is 0 Å². The van der Waals surface area contributed by atoms with Gasteiger partial charge >= 0.3 is 0 Å². The van der Waals surface area contributed by atoms with Crippen LogP contribution in [0.3, 0.4) is 0 Å². The van der Waals surface area contributed by atoms with Crippen molar-refractivity contribution in [3.8, 4) is 5.95 Å². The van der Waals surface area contributed by atoms with Crippen LogP contribution in [0.25, 0.3) is 58.8 Å². The minimum atomic E-state index is 0.363. The molecule has 4 aromatic carbocycles. The van der Waals surface area contributed by atoms with Crippen LogP contribution in [0.2, 0.25) is 0 Å². The number of fused-ring (bicyclic) bond motifs is 13. The Morgan fingerprint density at radius 1 is 0.730 bits per heavy atom. The van der Waals surface area contributed by atoms with Gasteiger partial charge in [0.1, 0.15) is 4.83 Å². The number of thioether (sulfide) groups is 1. The van der Waals surface area contributed by atoms with Crippen molar-refractivity contribution >= 4 is 76.0 Å². The summed E-state index contributed by atoms with van der Waals surface area (Å²) < 4.78 is 3.55. The topological polar surface area (TPSA) is 30.7 Å². The maximum absolute atomic E-state index is 5.18. The van der Waals surface area contributed by atoms with Gasteiger partial charge in [-0.15, -0.1) is 23.1 Å². The van der Waals surface area contributed by atoms with Crippen molar-refractivity contribution in [3.63, 3.8) is 0 Å². The largest absolute Gasteiger partial charge is 0.277 e. The third kappa shape index (κ3) is 2.63. The van der Waals surface area contributed by atoms with Gasteiger partial charge in [-0.1, -0.05) is 85.0 Å². The fourth-order valence-corrected chi connectivity index (χ4v) is 8.80. The number of benzene rings is 4. The van der Waals surface area contributed by atoms with Crippen molar-refractivity contribution in [1.82, 2.24) is 14.5 Å². The molecular formula is C32H19N3S2. The van der Waals surface area contributed by atoms with Crippen LogP contribution in [-0.4, -0.2) is 19.8 Å². The number of allylic oxidation sites excluding steroid dienone is 3. The van der Waals surface area contributed by atoms with Crippen LogP contribution in [0.4, 0.5) is 0 Å². The molecule has 1 aliphatic heterocycles. The van der Waals surface area contributed by atoms with Crippen LogP contribution in [0.15, 0.2) is 108 Å². The zero-order chi connectivity index (χ0) is 24.1. The highest BCUT2D eigenvalue weighted by atomic mass is 32.2. The summed E-state index contributed by atoms with van der Waals surface area (Å²) in [5, 5.41) is 7.95. The van der Waals surface area contributed by atoms with E-state index in [-0.39, 0.29) is 0 Å². The van der Waals surface area contributed by atoms with Crippen LogP contribution in [-0.2, 0) is 0 Å². The molecule has 5 heteroatoms. The van der Waals surface area contributed by atoms with Crippen molar-refractivity contribution in [2.45, 2.75) is 16.1 Å². The number of para-hydroxylation sites is 1. The molecule has 4 heterocycles. The molecule has 0 saturated carbocycles. The lowest BCUT2D eigenvalue weighted by Gasteiger charge is -2.16. The van der Waals surface area contributed by atoms with Crippen molar-refractivity contribution in [2.75, 3.05) is 0 Å². The predicted molar refractivity (Wildman–Crippen MR) is 157 cm³/mol. The lowest BCUT2D eigenvalue weighted by molar-refractivity contribution is 0.892. The second-order valence-corrected chi connectivity index (χ2v) is 11.9. The number of aromatic nitrogens is 3. The molecule has 7 aromatic rings. The van der Waals surface area contributed by atoms with E-state index in [9.17, 15) is 0 Å². The average molecular weight is 510 g/mol. The van der Waals surface area contributed by atoms with Gasteiger partial charge in [-0.05, 0) is 23.1 Å². The molecule has 9 rings (SSSR count). The molecule has 0 radical (unpaired) electrons. The Kier molecular flexibility index (Phi) is 3.98. The van der Waals surface area contributed by atoms with Crippen LogP contribution in [0.5, 0.6) is 0 Å². The van der Waals surface area contributed by atoms with Gasteiger partial charge in [0.15, 0.2) is 0 Å². The maximum Gasteiger partial charge on any atom is 0.236 e. The highest BCUT2D eigenvalue weighted by molar-refractivity contribution is 8.00. The van der Waals surface area contributed by atoms with Gasteiger partial charge in [0.25, 0.3) is 0 Å². The Labute approximate surface area is 220 Å². The molecule has 0 N–H and O–H groups in total. The fraction of sp³-hybridized carbons (Fsp3) is 0.0625. The van der Waals surface area contributed by atoms with E-state index in [0.29, 0.717) is 11.2 Å². The summed E-state index contributed by atoms with van der Waals surface area (Å²) in [5.74, 6) is 1.10. The summed E-state index contributed by atoms with van der Waals surface area (Å²) in [6, 6.07) is 26.1. The first kappa shape index (κ1) is 20.2. The maximum atomic E-state index is 5.18. The number of rotatable bonds is 1. The number of hydrogen-bond donors (Lipinski definition) is 0. The SMILES string of the molecule is C1=CC2Sc3c(c4c5ccccc5n(-c5ncc6c(n5)sc5ccccc56)c4c4ccccc34)C2C=C1. The molecule has 0 spiro atoms. The summed E-state index contributed by atoms with van der Waals surface area (Å²) in [7, 11) is 0. The van der Waals surface area contributed by atoms with E-state index in [2.05, 4.69) is 102 Å². The van der Waals surface area contributed by atoms with E-state index < -0.39 is 0 Å². The van der Waals surface area contributed by atoms with E-state index in [1.165, 1.54) is 47.6 Å². The highest BCUT2D eigenvalue weighted by Gasteiger charge is 2.36. The summed E-state index contributed by atoms with van der Waals surface area (Å²) in [6.07, 6.45) is 11.1. The van der Waals surface area contributed by atoms with E-state index in [1.807, 2.05) is 18.0 Å². The average Bonchev–Trinajstić information content (AvgIpc) is 3.62. The second-order valence-electron chi connectivity index (χ2n) is 9.73. The predicted octanol–water partition coefficient (Wildman–Crippen LogP) is 8.78. The van der Waals surface area contributed by atoms with Crippen LogP contribution >= 0.6 is 23.1 Å². The van der Waals surface area contributed by atoms with Gasteiger partial charge < -0.3 is 0 Å². The molecule has 1 aliphatic carbocycles. The van der Waals surface area contributed by atoms with E-state index >= 15 is 0 Å². The molecular weight excluding hydrogens is 491 g/mol. The molecule has 174 valence electrons. The van der Waals surface area contributed by atoms with Crippen molar-refractivity contribution in [3.05, 3.63) is 109 Å². The summed E-state index contributed by atoms with van der Waals surface area (Å²) in [4.78, 5) is 12.6. The molecule has 2 unspecified atom stereocenters. The third-order valence-corrected chi connectivity index (χ3v) is 10.3. The monoisotopic (exact) mass is 509 g/mol. The molecule has 2 atom stereocenters. The minimum absolute atomic E-state index is 0.363. The normalized spacial score (nSPS) is 18.5. The Morgan fingerprint density at radius 2 is 1.49 bits per heavy atom. The van der Waals surface area contributed by atoms with Gasteiger partial charge in [0.05, 0.1) is 11.0 Å². The highest BCUT2D eigenvalue weighted by Crippen LogP contribution is 2.55. The first-order valence-electron chi connectivity index (χ1n) is 12.5. The Balaban J connectivity index is 1.46. The molecule has 37 heavy (non-hydrogen) atoms. The van der Waals surface area contributed by atoms with Gasteiger partial charge in [0.2, 0.25) is 5.95 Å². The van der Waals surface area contributed by atoms with Gasteiger partial charge in [0, 0.05) is 53.9 Å². The number of nitrogens with zero attached hydrogens (tertiary/aromatic N) is 3. The standard InChI is InChI=1S/C32H19N3S2/c1-2-11-20-19(10-1)29-27(28-22-13-5-8-16-26(22)36-30(20)28)21-12-3-6-14-24(21)35(29)32-33-17-23-18-9-4-7-15-25(18)37-31(23)34-32/h1-17,22,26H. The van der Waals surface area contributed by atoms with Crippen LogP contribution < -0.4 is 0 Å². The lowest BCUT2D eigenvalue weighted by Crippen LogP contribution is -2.07. The first-order valence-corrected chi connectivity index (χ1v) is 14.2. The third-order valence-electron chi connectivity index (χ3n) is 7.81. The van der Waals surface area contributed by atoms with Crippen LogP contribution in [0, 0.1) is 0 Å². The Bertz CT molecular complexity index is 2150. The molecule has 0 amide bonds. The van der Waals surface area contributed by atoms with Crippen molar-refractivity contribution in [2.24, 2.45) is 0 Å². The zero-order valence-electron chi connectivity index (χ0n) is 19.6. The minimum Gasteiger partial charge on any atom is -0.277 e. The Morgan fingerprint density at radius 3 is 2.41 bits per heavy atom. The summed E-state index contributed by atoms with van der Waals surface area (Å²) in [6.45, 7) is 0. The molecule has 3 aromatic heterocycles. The molecule has 0 fully saturated rings. The Hall–Kier alpha value is -3.93. The quantitative estimate of drug-likeness (QED) is 0.222. The van der Waals surface area contributed by atoms with Gasteiger partial charge in [-0.25, -0.2) is 9.97 Å². The summed E-state index contributed by atoms with van der Waals surface area (Å²) in [5.41, 5.74) is 3.81. The molecule has 3 nitrogen and oxygen atoms in total. The fourth-order valence-electron chi connectivity index (χ4n) is 6.27.